The molecule has 0 atom stereocenters. The zero-order valence-corrected chi connectivity index (χ0v) is 19.5. The molecule has 2 aromatic heterocycles. The van der Waals surface area contributed by atoms with E-state index in [0.717, 1.165) is 30.0 Å². The highest BCUT2D eigenvalue weighted by molar-refractivity contribution is 6.04. The second kappa shape index (κ2) is 10.6. The molecule has 0 unspecified atom stereocenters. The van der Waals surface area contributed by atoms with Crippen LogP contribution in [0.15, 0.2) is 67.0 Å². The lowest BCUT2D eigenvalue weighted by atomic mass is 10.2. The van der Waals surface area contributed by atoms with Crippen LogP contribution in [0, 0.1) is 13.8 Å². The summed E-state index contributed by atoms with van der Waals surface area (Å²) < 4.78 is 13.3. The number of aromatic nitrogens is 4. The maximum absolute atomic E-state index is 12.5. The summed E-state index contributed by atoms with van der Waals surface area (Å²) in [5, 5.41) is 11.2. The molecule has 8 heteroatoms. The molecule has 2 aromatic carbocycles. The molecule has 0 aliphatic rings. The molecule has 1 N–H and O–H groups in total. The SMILES string of the molecule is CCCCOc1ccc(C(=O)Nc2ccc(Oc3ccc(-n4cnc(C)c4C)nn3)cc2)cc1. The number of hydrogen-bond donors (Lipinski definition) is 1. The minimum absolute atomic E-state index is 0.194. The first-order chi connectivity index (χ1) is 16.5. The maximum Gasteiger partial charge on any atom is 0.255 e. The van der Waals surface area contributed by atoms with E-state index in [9.17, 15) is 4.79 Å². The molecule has 0 saturated carbocycles. The molecule has 0 aliphatic heterocycles. The Balaban J connectivity index is 1.33. The summed E-state index contributed by atoms with van der Waals surface area (Å²) >= 11 is 0. The van der Waals surface area contributed by atoms with Crippen LogP contribution >= 0.6 is 0 Å². The van der Waals surface area contributed by atoms with E-state index in [-0.39, 0.29) is 5.91 Å². The third-order valence-corrected chi connectivity index (χ3v) is 5.34. The Morgan fingerprint density at radius 3 is 2.29 bits per heavy atom. The summed E-state index contributed by atoms with van der Waals surface area (Å²) in [6, 6.07) is 17.8. The minimum atomic E-state index is -0.194. The number of ether oxygens (including phenoxy) is 2. The van der Waals surface area contributed by atoms with Gasteiger partial charge in [0.25, 0.3) is 5.91 Å². The lowest BCUT2D eigenvalue weighted by Crippen LogP contribution is -2.11. The van der Waals surface area contributed by atoms with Crippen molar-refractivity contribution in [2.45, 2.75) is 33.6 Å². The first kappa shape index (κ1) is 23.0. The van der Waals surface area contributed by atoms with Gasteiger partial charge < -0.3 is 14.8 Å². The Hall–Kier alpha value is -4.20. The van der Waals surface area contributed by atoms with Crippen LogP contribution < -0.4 is 14.8 Å². The molecule has 0 bridgehead atoms. The van der Waals surface area contributed by atoms with Crippen LogP contribution in [0.2, 0.25) is 0 Å². The van der Waals surface area contributed by atoms with Crippen molar-refractivity contribution in [3.8, 4) is 23.2 Å². The molecule has 2 heterocycles. The van der Waals surface area contributed by atoms with E-state index < -0.39 is 0 Å². The number of anilines is 1. The summed E-state index contributed by atoms with van der Waals surface area (Å²) in [6.45, 7) is 6.72. The molecule has 0 saturated heterocycles. The molecule has 0 aliphatic carbocycles. The van der Waals surface area contributed by atoms with Crippen LogP contribution in [0.1, 0.15) is 41.5 Å². The van der Waals surface area contributed by atoms with Gasteiger partial charge in [-0.15, -0.1) is 10.2 Å². The fraction of sp³-hybridized carbons (Fsp3) is 0.231. The average molecular weight is 458 g/mol. The summed E-state index contributed by atoms with van der Waals surface area (Å²) in [7, 11) is 0. The number of amides is 1. The van der Waals surface area contributed by atoms with Gasteiger partial charge in [-0.05, 0) is 74.9 Å². The standard InChI is InChI=1S/C26H27N5O3/c1-4-5-16-33-22-10-6-20(7-11-22)26(32)28-21-8-12-23(13-9-21)34-25-15-14-24(29-30-25)31-17-27-18(2)19(31)3/h6-15,17H,4-5,16H2,1-3H3,(H,28,32). The third-order valence-electron chi connectivity index (χ3n) is 5.34. The van der Waals surface area contributed by atoms with Gasteiger partial charge in [-0.3, -0.25) is 9.36 Å². The van der Waals surface area contributed by atoms with E-state index in [4.69, 9.17) is 9.47 Å². The van der Waals surface area contributed by atoms with E-state index >= 15 is 0 Å². The number of imidazole rings is 1. The number of hydrogen-bond acceptors (Lipinski definition) is 6. The number of nitrogens with one attached hydrogen (secondary N) is 1. The van der Waals surface area contributed by atoms with Crippen LogP contribution in [0.25, 0.3) is 5.82 Å². The molecule has 4 rings (SSSR count). The van der Waals surface area contributed by atoms with Crippen LogP contribution in [-0.2, 0) is 0 Å². The molecular weight excluding hydrogens is 430 g/mol. The number of carbonyl (C=O) groups is 1. The Kier molecular flexibility index (Phi) is 7.17. The smallest absolute Gasteiger partial charge is 0.255 e. The number of nitrogens with zero attached hydrogens (tertiary/aromatic N) is 4. The molecule has 0 radical (unpaired) electrons. The summed E-state index contributed by atoms with van der Waals surface area (Å²) in [6.07, 6.45) is 3.80. The molecular formula is C26H27N5O3. The molecule has 174 valence electrons. The second-order valence-corrected chi connectivity index (χ2v) is 7.82. The third kappa shape index (κ3) is 5.58. The summed E-state index contributed by atoms with van der Waals surface area (Å²) in [4.78, 5) is 16.8. The lowest BCUT2D eigenvalue weighted by molar-refractivity contribution is 0.102. The van der Waals surface area contributed by atoms with Gasteiger partial charge >= 0.3 is 0 Å². The highest BCUT2D eigenvalue weighted by Gasteiger charge is 2.09. The predicted octanol–water partition coefficient (Wildman–Crippen LogP) is 5.50. The summed E-state index contributed by atoms with van der Waals surface area (Å²) in [5.41, 5.74) is 3.18. The first-order valence-electron chi connectivity index (χ1n) is 11.2. The number of benzene rings is 2. The predicted molar refractivity (Wildman–Crippen MR) is 130 cm³/mol. The molecule has 0 spiro atoms. The maximum atomic E-state index is 12.5. The van der Waals surface area contributed by atoms with Gasteiger partial charge in [0.1, 0.15) is 17.8 Å². The fourth-order valence-electron chi connectivity index (χ4n) is 3.19. The van der Waals surface area contributed by atoms with E-state index in [1.165, 1.54) is 0 Å². The van der Waals surface area contributed by atoms with E-state index in [2.05, 4.69) is 27.4 Å². The quantitative estimate of drug-likeness (QED) is 0.334. The van der Waals surface area contributed by atoms with Gasteiger partial charge in [0.2, 0.25) is 5.88 Å². The lowest BCUT2D eigenvalue weighted by Gasteiger charge is -2.09. The van der Waals surface area contributed by atoms with Gasteiger partial charge in [0.15, 0.2) is 5.82 Å². The first-order valence-corrected chi connectivity index (χ1v) is 11.2. The van der Waals surface area contributed by atoms with Crippen molar-refractivity contribution in [1.82, 2.24) is 19.7 Å². The summed E-state index contributed by atoms with van der Waals surface area (Å²) in [5.74, 6) is 2.20. The minimum Gasteiger partial charge on any atom is -0.494 e. The van der Waals surface area contributed by atoms with Gasteiger partial charge in [0.05, 0.1) is 12.3 Å². The van der Waals surface area contributed by atoms with Crippen LogP contribution in [0.3, 0.4) is 0 Å². The van der Waals surface area contributed by atoms with Crippen molar-refractivity contribution in [1.29, 1.82) is 0 Å². The zero-order valence-electron chi connectivity index (χ0n) is 19.5. The molecule has 4 aromatic rings. The van der Waals surface area contributed by atoms with E-state index in [0.29, 0.717) is 35.3 Å². The van der Waals surface area contributed by atoms with E-state index in [1.807, 2.05) is 36.6 Å². The Labute approximate surface area is 198 Å². The van der Waals surface area contributed by atoms with Crippen LogP contribution in [-0.4, -0.2) is 32.3 Å². The van der Waals surface area contributed by atoms with Crippen molar-refractivity contribution in [3.05, 3.63) is 83.9 Å². The average Bonchev–Trinajstić information content (AvgIpc) is 3.19. The Morgan fingerprint density at radius 1 is 0.941 bits per heavy atom. The highest BCUT2D eigenvalue weighted by Crippen LogP contribution is 2.22. The van der Waals surface area contributed by atoms with Gasteiger partial charge in [-0.2, -0.15) is 0 Å². The van der Waals surface area contributed by atoms with Gasteiger partial charge in [-0.1, -0.05) is 13.3 Å². The second-order valence-electron chi connectivity index (χ2n) is 7.82. The molecule has 8 nitrogen and oxygen atoms in total. The van der Waals surface area contributed by atoms with Gasteiger partial charge in [-0.25, -0.2) is 4.98 Å². The van der Waals surface area contributed by atoms with Crippen LogP contribution in [0.4, 0.5) is 5.69 Å². The van der Waals surface area contributed by atoms with Crippen molar-refractivity contribution < 1.29 is 14.3 Å². The van der Waals surface area contributed by atoms with Crippen molar-refractivity contribution in [3.63, 3.8) is 0 Å². The molecule has 0 fully saturated rings. The van der Waals surface area contributed by atoms with Crippen molar-refractivity contribution >= 4 is 11.6 Å². The monoisotopic (exact) mass is 457 g/mol. The zero-order chi connectivity index (χ0) is 23.9. The number of aryl methyl sites for hydroxylation is 1. The fourth-order valence-corrected chi connectivity index (χ4v) is 3.19. The van der Waals surface area contributed by atoms with Crippen LogP contribution in [0.5, 0.6) is 17.4 Å². The topological polar surface area (TPSA) is 91.2 Å². The number of carbonyl (C=O) groups excluding carboxylic acids is 1. The Morgan fingerprint density at radius 2 is 1.68 bits per heavy atom. The number of rotatable bonds is 9. The molecule has 34 heavy (non-hydrogen) atoms. The highest BCUT2D eigenvalue weighted by atomic mass is 16.5. The Bertz CT molecular complexity index is 1230. The largest absolute Gasteiger partial charge is 0.494 e. The van der Waals surface area contributed by atoms with Crippen molar-refractivity contribution in [2.24, 2.45) is 0 Å². The molecule has 1 amide bonds. The van der Waals surface area contributed by atoms with Crippen molar-refractivity contribution in [2.75, 3.05) is 11.9 Å². The van der Waals surface area contributed by atoms with Gasteiger partial charge in [0, 0.05) is 23.0 Å². The van der Waals surface area contributed by atoms with E-state index in [1.54, 1.807) is 48.8 Å². The number of unbranched alkanes of at least 4 members (excludes halogenated alkanes) is 1. The normalized spacial score (nSPS) is 10.7.